The van der Waals surface area contributed by atoms with Crippen LogP contribution in [0.2, 0.25) is 0 Å². The van der Waals surface area contributed by atoms with Crippen LogP contribution in [0.4, 0.5) is 5.69 Å². The van der Waals surface area contributed by atoms with E-state index in [9.17, 15) is 4.79 Å². The number of anilines is 1. The van der Waals surface area contributed by atoms with Gasteiger partial charge in [-0.2, -0.15) is 0 Å². The lowest BCUT2D eigenvalue weighted by molar-refractivity contribution is -0.137. The van der Waals surface area contributed by atoms with Crippen LogP contribution in [0, 0.1) is 5.92 Å². The zero-order valence-corrected chi connectivity index (χ0v) is 21.3. The minimum absolute atomic E-state index is 0.100. The summed E-state index contributed by atoms with van der Waals surface area (Å²) >= 11 is 0. The van der Waals surface area contributed by atoms with Gasteiger partial charge < -0.3 is 14.4 Å². The molecule has 2 fully saturated rings. The first kappa shape index (κ1) is 23.9. The minimum Gasteiger partial charge on any atom is -0.368 e. The van der Waals surface area contributed by atoms with Crippen molar-refractivity contribution >= 4 is 22.6 Å². The van der Waals surface area contributed by atoms with Crippen LogP contribution in [0.3, 0.4) is 0 Å². The highest BCUT2D eigenvalue weighted by molar-refractivity contribution is 5.79. The maximum atomic E-state index is 13.4. The zero-order valence-electron chi connectivity index (χ0n) is 21.3. The van der Waals surface area contributed by atoms with Crippen molar-refractivity contribution in [1.29, 1.82) is 0 Å². The number of hydrogen-bond acceptors (Lipinski definition) is 4. The van der Waals surface area contributed by atoms with Gasteiger partial charge in [-0.3, -0.25) is 9.69 Å². The van der Waals surface area contributed by atoms with Gasteiger partial charge in [0.2, 0.25) is 5.91 Å². The molecule has 3 aromatic rings. The summed E-state index contributed by atoms with van der Waals surface area (Å²) in [5.41, 5.74) is 4.94. The highest BCUT2D eigenvalue weighted by atomic mass is 16.2. The number of para-hydroxylation sites is 2. The van der Waals surface area contributed by atoms with Crippen molar-refractivity contribution in [1.82, 2.24) is 19.4 Å². The zero-order chi connectivity index (χ0) is 24.2. The number of benzene rings is 2. The van der Waals surface area contributed by atoms with E-state index in [0.717, 1.165) is 83.0 Å². The lowest BCUT2D eigenvalue weighted by Crippen LogP contribution is -2.52. The second kappa shape index (κ2) is 10.8. The van der Waals surface area contributed by atoms with Crippen molar-refractivity contribution < 1.29 is 4.79 Å². The van der Waals surface area contributed by atoms with E-state index in [0.29, 0.717) is 5.91 Å². The largest absolute Gasteiger partial charge is 0.368 e. The number of hydrogen-bond donors (Lipinski definition) is 0. The maximum absolute atomic E-state index is 13.4. The van der Waals surface area contributed by atoms with E-state index in [2.05, 4.69) is 81.6 Å². The Morgan fingerprint density at radius 2 is 1.74 bits per heavy atom. The Morgan fingerprint density at radius 3 is 2.49 bits per heavy atom. The summed E-state index contributed by atoms with van der Waals surface area (Å²) in [7, 11) is 0. The summed E-state index contributed by atoms with van der Waals surface area (Å²) in [6, 6.07) is 17.4. The van der Waals surface area contributed by atoms with E-state index in [1.807, 2.05) is 0 Å². The van der Waals surface area contributed by atoms with Gasteiger partial charge in [-0.1, -0.05) is 37.6 Å². The van der Waals surface area contributed by atoms with E-state index in [4.69, 9.17) is 4.98 Å². The van der Waals surface area contributed by atoms with Crippen molar-refractivity contribution in [3.8, 4) is 0 Å². The van der Waals surface area contributed by atoms with Gasteiger partial charge in [0, 0.05) is 45.0 Å². The third-order valence-electron chi connectivity index (χ3n) is 7.70. The average molecular weight is 474 g/mol. The van der Waals surface area contributed by atoms with Crippen molar-refractivity contribution in [3.05, 3.63) is 59.9 Å². The van der Waals surface area contributed by atoms with Gasteiger partial charge in [0.05, 0.1) is 23.5 Å². The van der Waals surface area contributed by atoms with Gasteiger partial charge >= 0.3 is 0 Å². The Hall–Kier alpha value is -2.86. The minimum atomic E-state index is 0.100. The molecule has 0 saturated carbocycles. The second-order valence-corrected chi connectivity index (χ2v) is 10.1. The lowest BCUT2D eigenvalue weighted by atomic mass is 9.96. The standard InChI is InChI=1S/C29H39N5O/c1-3-8-23-12-14-25(15-13-23)32-17-19-33(20-18-32)29(35)24-9-7-16-31(21-24)22-28-30-26-10-5-6-11-27(26)34(28)4-2/h5-6,10-15,24H,3-4,7-9,16-22H2,1-2H3/t24-/m1/s1. The molecule has 1 atom stereocenters. The maximum Gasteiger partial charge on any atom is 0.227 e. The molecule has 0 unspecified atom stereocenters. The summed E-state index contributed by atoms with van der Waals surface area (Å²) in [5.74, 6) is 1.56. The molecule has 0 aliphatic carbocycles. The molecule has 1 aromatic heterocycles. The average Bonchev–Trinajstić information content (AvgIpc) is 3.26. The molecule has 186 valence electrons. The first-order chi connectivity index (χ1) is 17.2. The molecule has 6 nitrogen and oxygen atoms in total. The highest BCUT2D eigenvalue weighted by Crippen LogP contribution is 2.24. The summed E-state index contributed by atoms with van der Waals surface area (Å²) in [5, 5.41) is 0. The first-order valence-electron chi connectivity index (χ1n) is 13.5. The van der Waals surface area contributed by atoms with E-state index in [-0.39, 0.29) is 5.92 Å². The fourth-order valence-corrected chi connectivity index (χ4v) is 5.81. The number of aromatic nitrogens is 2. The van der Waals surface area contributed by atoms with Crippen molar-refractivity contribution in [2.75, 3.05) is 44.2 Å². The number of aryl methyl sites for hydroxylation is 2. The first-order valence-corrected chi connectivity index (χ1v) is 13.5. The van der Waals surface area contributed by atoms with Crippen molar-refractivity contribution in [2.45, 2.75) is 52.6 Å². The number of carbonyl (C=O) groups excluding carboxylic acids is 1. The molecule has 0 N–H and O–H groups in total. The molecule has 0 bridgehead atoms. The predicted octanol–water partition coefficient (Wildman–Crippen LogP) is 4.57. The molecular formula is C29H39N5O. The molecule has 2 aliphatic rings. The molecule has 1 amide bonds. The summed E-state index contributed by atoms with van der Waals surface area (Å²) in [6.45, 7) is 11.5. The van der Waals surface area contributed by atoms with Crippen LogP contribution in [-0.2, 0) is 24.3 Å². The lowest BCUT2D eigenvalue weighted by Gasteiger charge is -2.39. The number of amides is 1. The third-order valence-corrected chi connectivity index (χ3v) is 7.70. The van der Waals surface area contributed by atoms with Gasteiger partial charge in [0.25, 0.3) is 0 Å². The number of fused-ring (bicyclic) bond motifs is 1. The van der Waals surface area contributed by atoms with Gasteiger partial charge in [-0.05, 0) is 62.6 Å². The van der Waals surface area contributed by atoms with Crippen LogP contribution in [0.15, 0.2) is 48.5 Å². The van der Waals surface area contributed by atoms with Crippen molar-refractivity contribution in [2.24, 2.45) is 5.92 Å². The van der Waals surface area contributed by atoms with Crippen LogP contribution in [0.1, 0.15) is 44.5 Å². The van der Waals surface area contributed by atoms with E-state index in [1.165, 1.54) is 23.2 Å². The van der Waals surface area contributed by atoms with Crippen LogP contribution < -0.4 is 4.90 Å². The molecule has 2 saturated heterocycles. The monoisotopic (exact) mass is 473 g/mol. The van der Waals surface area contributed by atoms with E-state index < -0.39 is 0 Å². The number of rotatable bonds is 7. The molecule has 2 aromatic carbocycles. The molecule has 0 radical (unpaired) electrons. The van der Waals surface area contributed by atoms with Crippen LogP contribution in [-0.4, -0.2) is 64.5 Å². The summed E-state index contributed by atoms with van der Waals surface area (Å²) in [4.78, 5) is 25.3. The Morgan fingerprint density at radius 1 is 0.971 bits per heavy atom. The fourth-order valence-electron chi connectivity index (χ4n) is 5.81. The molecule has 0 spiro atoms. The van der Waals surface area contributed by atoms with Gasteiger partial charge in [-0.25, -0.2) is 4.98 Å². The predicted molar refractivity (Wildman–Crippen MR) is 143 cm³/mol. The molecule has 5 rings (SSSR count). The fraction of sp³-hybridized carbons (Fsp3) is 0.517. The summed E-state index contributed by atoms with van der Waals surface area (Å²) < 4.78 is 2.31. The second-order valence-electron chi connectivity index (χ2n) is 10.1. The van der Waals surface area contributed by atoms with Crippen LogP contribution in [0.25, 0.3) is 11.0 Å². The number of piperidine rings is 1. The smallest absolute Gasteiger partial charge is 0.227 e. The Balaban J connectivity index is 1.17. The quantitative estimate of drug-likeness (QED) is 0.504. The Kier molecular flexibility index (Phi) is 7.37. The third kappa shape index (κ3) is 5.22. The van der Waals surface area contributed by atoms with Gasteiger partial charge in [0.1, 0.15) is 5.82 Å². The number of nitrogens with zero attached hydrogens (tertiary/aromatic N) is 5. The molecule has 6 heteroatoms. The van der Waals surface area contributed by atoms with Crippen molar-refractivity contribution in [3.63, 3.8) is 0 Å². The summed E-state index contributed by atoms with van der Waals surface area (Å²) in [6.07, 6.45) is 4.39. The number of imidazole rings is 1. The van der Waals surface area contributed by atoms with Crippen LogP contribution in [0.5, 0.6) is 0 Å². The topological polar surface area (TPSA) is 44.6 Å². The van der Waals surface area contributed by atoms with E-state index >= 15 is 0 Å². The normalized spacial score (nSPS) is 19.4. The molecular weight excluding hydrogens is 434 g/mol. The molecule has 3 heterocycles. The van der Waals surface area contributed by atoms with E-state index in [1.54, 1.807) is 0 Å². The molecule has 35 heavy (non-hydrogen) atoms. The van der Waals surface area contributed by atoms with Gasteiger partial charge in [0.15, 0.2) is 0 Å². The van der Waals surface area contributed by atoms with Gasteiger partial charge in [-0.15, -0.1) is 0 Å². The number of carbonyl (C=O) groups is 1. The molecule has 2 aliphatic heterocycles. The van der Waals surface area contributed by atoms with Crippen LogP contribution >= 0.6 is 0 Å². The highest BCUT2D eigenvalue weighted by Gasteiger charge is 2.31. The Labute approximate surface area is 209 Å². The number of piperazine rings is 1. The number of likely N-dealkylation sites (tertiary alicyclic amines) is 1. The Bertz CT molecular complexity index is 1130. The SMILES string of the molecule is CCCc1ccc(N2CCN(C(=O)[C@@H]3CCCN(Cc4nc5ccccc5n4CC)C3)CC2)cc1.